The highest BCUT2D eigenvalue weighted by molar-refractivity contribution is 5.91. The van der Waals surface area contributed by atoms with Gasteiger partial charge in [-0.2, -0.15) is 0 Å². The Morgan fingerprint density at radius 1 is 1.29 bits per heavy atom. The Labute approximate surface area is 95.9 Å². The van der Waals surface area contributed by atoms with Crippen LogP contribution in [-0.2, 0) is 4.79 Å². The van der Waals surface area contributed by atoms with Crippen LogP contribution in [0.3, 0.4) is 0 Å². The van der Waals surface area contributed by atoms with Crippen molar-refractivity contribution in [2.24, 2.45) is 5.73 Å². The Kier molecular flexibility index (Phi) is 3.98. The highest BCUT2D eigenvalue weighted by Crippen LogP contribution is 2.14. The summed E-state index contributed by atoms with van der Waals surface area (Å²) in [7, 11) is 0. The Morgan fingerprint density at radius 2 is 1.88 bits per heavy atom. The summed E-state index contributed by atoms with van der Waals surface area (Å²) in [5, 5.41) is 15.0. The first kappa shape index (κ1) is 12.4. The summed E-state index contributed by atoms with van der Waals surface area (Å²) in [5.41, 5.74) is 5.13. The molecule has 0 saturated carbocycles. The molecule has 0 unspecified atom stereocenters. The first-order valence-corrected chi connectivity index (χ1v) is 4.56. The number of carbonyl (C=O) groups is 2. The van der Waals surface area contributed by atoms with Crippen molar-refractivity contribution in [2.45, 2.75) is 0 Å². The molecule has 0 spiro atoms. The zero-order chi connectivity index (χ0) is 12.8. The average molecular weight is 238 g/mol. The Morgan fingerprint density at radius 3 is 2.35 bits per heavy atom. The summed E-state index contributed by atoms with van der Waals surface area (Å²) in [4.78, 5) is 31.4. The number of benzene rings is 1. The molecule has 0 fully saturated rings. The summed E-state index contributed by atoms with van der Waals surface area (Å²) in [6.07, 6.45) is 0. The van der Waals surface area contributed by atoms with Gasteiger partial charge in [0, 0.05) is 17.8 Å². The number of hydrogen-bond acceptors (Lipinski definition) is 4. The molecule has 0 bridgehead atoms. The van der Waals surface area contributed by atoms with Crippen molar-refractivity contribution in [3.63, 3.8) is 0 Å². The lowest BCUT2D eigenvalue weighted by atomic mass is 10.3. The van der Waals surface area contributed by atoms with Gasteiger partial charge in [0.05, 0.1) is 11.5 Å². The summed E-state index contributed by atoms with van der Waals surface area (Å²) >= 11 is 0. The smallest absolute Gasteiger partial charge is 0.319 e. The molecule has 0 saturated heterocycles. The summed E-state index contributed by atoms with van der Waals surface area (Å²) in [6.45, 7) is -0.279. The minimum Gasteiger partial charge on any atom is -0.368 e. The van der Waals surface area contributed by atoms with E-state index in [0.29, 0.717) is 5.69 Å². The molecule has 0 radical (unpaired) electrons. The molecular weight excluding hydrogens is 228 g/mol. The molecule has 90 valence electrons. The molecule has 3 amide bonds. The van der Waals surface area contributed by atoms with Gasteiger partial charge in [-0.3, -0.25) is 14.9 Å². The number of nitro benzene ring substituents is 1. The standard InChI is InChI=1S/C9H10N4O4/c10-8(14)5-11-9(15)12-6-1-3-7(4-2-6)13(16)17/h1-4H,5H2,(H2,10,14)(H2,11,12,15). The van der Waals surface area contributed by atoms with Crippen LogP contribution in [0.1, 0.15) is 0 Å². The number of anilines is 1. The highest BCUT2D eigenvalue weighted by atomic mass is 16.6. The van der Waals surface area contributed by atoms with Gasteiger partial charge in [-0.05, 0) is 12.1 Å². The maximum atomic E-state index is 11.2. The number of amides is 3. The SMILES string of the molecule is NC(=O)CNC(=O)Nc1ccc([N+](=O)[O-])cc1. The van der Waals surface area contributed by atoms with Crippen molar-refractivity contribution >= 4 is 23.3 Å². The Bertz CT molecular complexity index is 443. The minimum absolute atomic E-state index is 0.0758. The van der Waals surface area contributed by atoms with Crippen molar-refractivity contribution in [1.29, 1.82) is 0 Å². The van der Waals surface area contributed by atoms with Gasteiger partial charge in [0.15, 0.2) is 0 Å². The van der Waals surface area contributed by atoms with E-state index in [2.05, 4.69) is 10.6 Å². The zero-order valence-electron chi connectivity index (χ0n) is 8.67. The lowest BCUT2D eigenvalue weighted by Gasteiger charge is -2.05. The van der Waals surface area contributed by atoms with E-state index in [-0.39, 0.29) is 12.2 Å². The van der Waals surface area contributed by atoms with Crippen LogP contribution in [0.4, 0.5) is 16.2 Å². The molecule has 0 atom stereocenters. The number of nitrogens with two attached hydrogens (primary N) is 1. The third-order valence-corrected chi connectivity index (χ3v) is 1.76. The Balaban J connectivity index is 2.54. The second-order valence-corrected chi connectivity index (χ2v) is 3.08. The number of nitrogens with one attached hydrogen (secondary N) is 2. The van der Waals surface area contributed by atoms with E-state index in [0.717, 1.165) is 0 Å². The summed E-state index contributed by atoms with van der Waals surface area (Å²) in [5.74, 6) is -0.663. The van der Waals surface area contributed by atoms with Gasteiger partial charge in [-0.1, -0.05) is 0 Å². The van der Waals surface area contributed by atoms with Crippen LogP contribution in [0.25, 0.3) is 0 Å². The topological polar surface area (TPSA) is 127 Å². The predicted molar refractivity (Wildman–Crippen MR) is 59.3 cm³/mol. The predicted octanol–water partition coefficient (Wildman–Crippen LogP) is 0.202. The summed E-state index contributed by atoms with van der Waals surface area (Å²) in [6, 6.07) is 4.65. The molecule has 1 rings (SSSR count). The molecule has 0 aliphatic heterocycles. The van der Waals surface area contributed by atoms with E-state index < -0.39 is 16.9 Å². The van der Waals surface area contributed by atoms with Gasteiger partial charge in [0.25, 0.3) is 5.69 Å². The fourth-order valence-electron chi connectivity index (χ4n) is 1.01. The van der Waals surface area contributed by atoms with E-state index in [1.165, 1.54) is 24.3 Å². The maximum absolute atomic E-state index is 11.2. The number of nitrogens with zero attached hydrogens (tertiary/aromatic N) is 1. The van der Waals surface area contributed by atoms with Gasteiger partial charge < -0.3 is 16.4 Å². The molecule has 0 aliphatic rings. The minimum atomic E-state index is -0.663. The molecule has 1 aromatic carbocycles. The summed E-state index contributed by atoms with van der Waals surface area (Å²) < 4.78 is 0. The molecule has 4 N–H and O–H groups in total. The van der Waals surface area contributed by atoms with Crippen molar-refractivity contribution in [2.75, 3.05) is 11.9 Å². The van der Waals surface area contributed by atoms with Gasteiger partial charge in [0.2, 0.25) is 5.91 Å². The molecule has 0 heterocycles. The molecule has 8 heteroatoms. The van der Waals surface area contributed by atoms with E-state index in [1.54, 1.807) is 0 Å². The van der Waals surface area contributed by atoms with Crippen LogP contribution in [-0.4, -0.2) is 23.4 Å². The number of carbonyl (C=O) groups excluding carboxylic acids is 2. The lowest BCUT2D eigenvalue weighted by Crippen LogP contribution is -2.36. The quantitative estimate of drug-likeness (QED) is 0.511. The van der Waals surface area contributed by atoms with E-state index in [9.17, 15) is 19.7 Å². The van der Waals surface area contributed by atoms with E-state index in [1.807, 2.05) is 0 Å². The second kappa shape index (κ2) is 5.45. The third kappa shape index (κ3) is 4.16. The van der Waals surface area contributed by atoms with Crippen molar-refractivity contribution in [3.8, 4) is 0 Å². The largest absolute Gasteiger partial charge is 0.368 e. The monoisotopic (exact) mass is 238 g/mol. The van der Waals surface area contributed by atoms with Crippen molar-refractivity contribution in [1.82, 2.24) is 5.32 Å². The van der Waals surface area contributed by atoms with Crippen LogP contribution < -0.4 is 16.4 Å². The van der Waals surface area contributed by atoms with Gasteiger partial charge in [0.1, 0.15) is 0 Å². The number of rotatable bonds is 4. The maximum Gasteiger partial charge on any atom is 0.319 e. The Hall–Kier alpha value is -2.64. The molecule has 8 nitrogen and oxygen atoms in total. The highest BCUT2D eigenvalue weighted by Gasteiger charge is 2.06. The third-order valence-electron chi connectivity index (χ3n) is 1.76. The molecule has 17 heavy (non-hydrogen) atoms. The zero-order valence-corrected chi connectivity index (χ0v) is 8.67. The van der Waals surface area contributed by atoms with Crippen molar-refractivity contribution < 1.29 is 14.5 Å². The average Bonchev–Trinajstić information content (AvgIpc) is 2.27. The molecule has 0 aliphatic carbocycles. The van der Waals surface area contributed by atoms with Gasteiger partial charge in [-0.25, -0.2) is 4.79 Å². The number of primary amides is 1. The van der Waals surface area contributed by atoms with Crippen LogP contribution in [0.2, 0.25) is 0 Å². The van der Waals surface area contributed by atoms with Gasteiger partial charge in [-0.15, -0.1) is 0 Å². The first-order chi connectivity index (χ1) is 7.99. The number of non-ortho nitro benzene ring substituents is 1. The first-order valence-electron chi connectivity index (χ1n) is 4.56. The van der Waals surface area contributed by atoms with Crippen LogP contribution in [0.5, 0.6) is 0 Å². The molecule has 1 aromatic rings. The van der Waals surface area contributed by atoms with Gasteiger partial charge >= 0.3 is 6.03 Å². The van der Waals surface area contributed by atoms with Crippen LogP contribution >= 0.6 is 0 Å². The second-order valence-electron chi connectivity index (χ2n) is 3.08. The number of hydrogen-bond donors (Lipinski definition) is 3. The molecule has 0 aromatic heterocycles. The van der Waals surface area contributed by atoms with E-state index in [4.69, 9.17) is 5.73 Å². The lowest BCUT2D eigenvalue weighted by molar-refractivity contribution is -0.384. The van der Waals surface area contributed by atoms with Crippen LogP contribution in [0, 0.1) is 10.1 Å². The fraction of sp³-hybridized carbons (Fsp3) is 0.111. The number of nitro groups is 1. The number of urea groups is 1. The van der Waals surface area contributed by atoms with E-state index >= 15 is 0 Å². The normalized spacial score (nSPS) is 9.41. The fourth-order valence-corrected chi connectivity index (χ4v) is 1.01. The van der Waals surface area contributed by atoms with Crippen molar-refractivity contribution in [3.05, 3.63) is 34.4 Å². The van der Waals surface area contributed by atoms with Crippen LogP contribution in [0.15, 0.2) is 24.3 Å². The molecular formula is C9H10N4O4.